The molecule has 0 heterocycles. The minimum Gasteiger partial charge on any atom is -0.478 e. The number of amides is 2. The first-order valence-electron chi connectivity index (χ1n) is 6.84. The van der Waals surface area contributed by atoms with Gasteiger partial charge in [0.15, 0.2) is 0 Å². The second-order valence-electron chi connectivity index (χ2n) is 4.54. The highest BCUT2D eigenvalue weighted by Crippen LogP contribution is 2.08. The molecule has 1 aromatic rings. The van der Waals surface area contributed by atoms with E-state index in [1.54, 1.807) is 19.1 Å². The van der Waals surface area contributed by atoms with Crippen LogP contribution in [0.1, 0.15) is 29.8 Å². The van der Waals surface area contributed by atoms with E-state index in [1.165, 1.54) is 17.0 Å². The number of aromatic carboxylic acids is 1. The molecule has 6 nitrogen and oxygen atoms in total. The number of rotatable bonds is 7. The van der Waals surface area contributed by atoms with Gasteiger partial charge in [-0.15, -0.1) is 0 Å². The molecule has 114 valence electrons. The summed E-state index contributed by atoms with van der Waals surface area (Å²) < 4.78 is 0. The third-order valence-corrected chi connectivity index (χ3v) is 2.97. The van der Waals surface area contributed by atoms with E-state index < -0.39 is 5.97 Å². The number of carbonyl (C=O) groups is 3. The minimum atomic E-state index is -1.03. The molecule has 0 aliphatic heterocycles. The maximum absolute atomic E-state index is 12.2. The van der Waals surface area contributed by atoms with Crippen LogP contribution in [0, 0.1) is 0 Å². The van der Waals surface area contributed by atoms with Crippen LogP contribution in [-0.4, -0.2) is 47.4 Å². The Bertz CT molecular complexity index is 528. The first-order chi connectivity index (χ1) is 9.97. The summed E-state index contributed by atoms with van der Waals surface area (Å²) in [6.45, 7) is 4.57. The molecule has 21 heavy (non-hydrogen) atoms. The van der Waals surface area contributed by atoms with Crippen molar-refractivity contribution < 1.29 is 19.5 Å². The van der Waals surface area contributed by atoms with Crippen molar-refractivity contribution in [3.63, 3.8) is 0 Å². The summed E-state index contributed by atoms with van der Waals surface area (Å²) >= 11 is 0. The summed E-state index contributed by atoms with van der Waals surface area (Å²) in [5.41, 5.74) is 0.765. The number of carbonyl (C=O) groups excluding carboxylic acids is 2. The quantitative estimate of drug-likeness (QED) is 0.782. The molecular weight excluding hydrogens is 272 g/mol. The fraction of sp³-hybridized carbons (Fsp3) is 0.400. The molecule has 0 spiro atoms. The molecule has 1 aromatic carbocycles. The number of benzene rings is 1. The number of likely N-dealkylation sites (N-methyl/N-ethyl adjacent to an activating group) is 2. The van der Waals surface area contributed by atoms with Crippen molar-refractivity contribution in [3.05, 3.63) is 35.4 Å². The molecule has 0 saturated heterocycles. The van der Waals surface area contributed by atoms with Gasteiger partial charge in [0.2, 0.25) is 11.8 Å². The largest absolute Gasteiger partial charge is 0.478 e. The molecule has 0 aromatic heterocycles. The molecule has 0 bridgehead atoms. The Balaban J connectivity index is 2.71. The van der Waals surface area contributed by atoms with Crippen molar-refractivity contribution in [1.82, 2.24) is 10.2 Å². The van der Waals surface area contributed by atoms with Crippen LogP contribution < -0.4 is 5.32 Å². The summed E-state index contributed by atoms with van der Waals surface area (Å²) in [5, 5.41) is 11.6. The highest BCUT2D eigenvalue weighted by molar-refractivity contribution is 5.89. The smallest absolute Gasteiger partial charge is 0.335 e. The van der Waals surface area contributed by atoms with E-state index in [-0.39, 0.29) is 30.3 Å². The topological polar surface area (TPSA) is 86.7 Å². The normalized spacial score (nSPS) is 10.0. The van der Waals surface area contributed by atoms with E-state index in [0.717, 1.165) is 0 Å². The summed E-state index contributed by atoms with van der Waals surface area (Å²) in [7, 11) is 0. The number of nitrogens with one attached hydrogen (secondary N) is 1. The van der Waals surface area contributed by atoms with Gasteiger partial charge in [0.05, 0.1) is 18.5 Å². The van der Waals surface area contributed by atoms with Crippen LogP contribution in [-0.2, 0) is 16.0 Å². The fourth-order valence-corrected chi connectivity index (χ4v) is 1.90. The monoisotopic (exact) mass is 292 g/mol. The van der Waals surface area contributed by atoms with Crippen LogP contribution >= 0.6 is 0 Å². The number of carboxylic acids is 1. The molecule has 0 aliphatic carbocycles. The highest BCUT2D eigenvalue weighted by atomic mass is 16.4. The average molecular weight is 292 g/mol. The molecule has 2 amide bonds. The van der Waals surface area contributed by atoms with Crippen molar-refractivity contribution in [2.75, 3.05) is 19.6 Å². The van der Waals surface area contributed by atoms with Crippen LogP contribution in [0.15, 0.2) is 24.3 Å². The molecule has 0 saturated carbocycles. The van der Waals surface area contributed by atoms with Gasteiger partial charge in [0.25, 0.3) is 0 Å². The van der Waals surface area contributed by atoms with E-state index in [9.17, 15) is 14.4 Å². The van der Waals surface area contributed by atoms with Crippen molar-refractivity contribution >= 4 is 17.8 Å². The SMILES string of the molecule is CCNC(=O)CN(CC)C(=O)Cc1cccc(C(=O)O)c1. The van der Waals surface area contributed by atoms with Gasteiger partial charge in [0, 0.05) is 13.1 Å². The fourth-order valence-electron chi connectivity index (χ4n) is 1.90. The molecule has 0 radical (unpaired) electrons. The molecule has 0 aliphatic rings. The van der Waals surface area contributed by atoms with Gasteiger partial charge in [-0.25, -0.2) is 4.79 Å². The number of nitrogens with zero attached hydrogens (tertiary/aromatic N) is 1. The Kier molecular flexibility index (Phi) is 6.39. The van der Waals surface area contributed by atoms with Gasteiger partial charge in [-0.05, 0) is 31.5 Å². The maximum Gasteiger partial charge on any atom is 0.335 e. The summed E-state index contributed by atoms with van der Waals surface area (Å²) in [4.78, 5) is 36.0. The van der Waals surface area contributed by atoms with Crippen LogP contribution in [0.5, 0.6) is 0 Å². The van der Waals surface area contributed by atoms with Gasteiger partial charge >= 0.3 is 5.97 Å². The zero-order valence-electron chi connectivity index (χ0n) is 12.3. The number of carboxylic acid groups (broad SMARTS) is 1. The standard InChI is InChI=1S/C15H20N2O4/c1-3-16-13(18)10-17(4-2)14(19)9-11-6-5-7-12(8-11)15(20)21/h5-8H,3-4,9-10H2,1-2H3,(H,16,18)(H,20,21). The van der Waals surface area contributed by atoms with Gasteiger partial charge in [-0.2, -0.15) is 0 Å². The van der Waals surface area contributed by atoms with Crippen molar-refractivity contribution in [1.29, 1.82) is 0 Å². The van der Waals surface area contributed by atoms with E-state index >= 15 is 0 Å². The molecule has 2 N–H and O–H groups in total. The summed E-state index contributed by atoms with van der Waals surface area (Å²) in [5.74, 6) is -1.43. The number of hydrogen-bond acceptors (Lipinski definition) is 3. The van der Waals surface area contributed by atoms with Crippen LogP contribution in [0.25, 0.3) is 0 Å². The predicted octanol–water partition coefficient (Wildman–Crippen LogP) is 0.912. The first kappa shape index (κ1) is 16.7. The molecular formula is C15H20N2O4. The van der Waals surface area contributed by atoms with E-state index in [2.05, 4.69) is 5.32 Å². The van der Waals surface area contributed by atoms with Crippen LogP contribution in [0.3, 0.4) is 0 Å². The van der Waals surface area contributed by atoms with Crippen molar-refractivity contribution in [2.45, 2.75) is 20.3 Å². The first-order valence-corrected chi connectivity index (χ1v) is 6.84. The third kappa shape index (κ3) is 5.25. The van der Waals surface area contributed by atoms with Gasteiger partial charge in [0.1, 0.15) is 0 Å². The Hall–Kier alpha value is -2.37. The second kappa shape index (κ2) is 8.04. The summed E-state index contributed by atoms with van der Waals surface area (Å²) in [6, 6.07) is 6.25. The zero-order valence-corrected chi connectivity index (χ0v) is 12.3. The Morgan fingerprint density at radius 2 is 1.95 bits per heavy atom. The molecule has 1 rings (SSSR count). The lowest BCUT2D eigenvalue weighted by molar-refractivity contribution is -0.135. The molecule has 0 atom stereocenters. The van der Waals surface area contributed by atoms with Crippen LogP contribution in [0.2, 0.25) is 0 Å². The molecule has 0 fully saturated rings. The Labute approximate surface area is 123 Å². The van der Waals surface area contributed by atoms with E-state index in [4.69, 9.17) is 5.11 Å². The lowest BCUT2D eigenvalue weighted by Crippen LogP contribution is -2.41. The van der Waals surface area contributed by atoms with Gasteiger partial charge < -0.3 is 15.3 Å². The lowest BCUT2D eigenvalue weighted by atomic mass is 10.1. The molecule has 6 heteroatoms. The van der Waals surface area contributed by atoms with Crippen molar-refractivity contribution in [3.8, 4) is 0 Å². The number of hydrogen-bond donors (Lipinski definition) is 2. The highest BCUT2D eigenvalue weighted by Gasteiger charge is 2.16. The van der Waals surface area contributed by atoms with E-state index in [1.807, 2.05) is 6.92 Å². The van der Waals surface area contributed by atoms with Gasteiger partial charge in [-0.1, -0.05) is 12.1 Å². The third-order valence-electron chi connectivity index (χ3n) is 2.97. The van der Waals surface area contributed by atoms with Crippen molar-refractivity contribution in [2.24, 2.45) is 0 Å². The molecule has 0 unspecified atom stereocenters. The summed E-state index contributed by atoms with van der Waals surface area (Å²) in [6.07, 6.45) is 0.0777. The second-order valence-corrected chi connectivity index (χ2v) is 4.54. The average Bonchev–Trinajstić information content (AvgIpc) is 2.45. The zero-order chi connectivity index (χ0) is 15.8. The Morgan fingerprint density at radius 1 is 1.24 bits per heavy atom. The maximum atomic E-state index is 12.2. The van der Waals surface area contributed by atoms with Crippen LogP contribution in [0.4, 0.5) is 0 Å². The minimum absolute atomic E-state index is 0.0157. The predicted molar refractivity (Wildman–Crippen MR) is 78.0 cm³/mol. The van der Waals surface area contributed by atoms with Gasteiger partial charge in [-0.3, -0.25) is 9.59 Å². The Morgan fingerprint density at radius 3 is 2.52 bits per heavy atom. The lowest BCUT2D eigenvalue weighted by Gasteiger charge is -2.20. The van der Waals surface area contributed by atoms with E-state index in [0.29, 0.717) is 18.7 Å².